The molecule has 0 aliphatic rings. The standard InChI is InChI=1S/C26H23ClF2N2O5S/c1-3-37(34,35)18-5-7-23(36-24-6-4-16(28)11-22(24)29)19(13-18)21-14-31(2)25-20(21)12-17(30-26(25)33)10-15(27)8-9-32/h4-7,10-14,32H,3,8-9H2,1-2H3,(H,30,33). The highest BCUT2D eigenvalue weighted by Gasteiger charge is 2.21. The van der Waals surface area contributed by atoms with Gasteiger partial charge in [0.15, 0.2) is 21.4 Å². The van der Waals surface area contributed by atoms with E-state index in [-0.39, 0.29) is 40.7 Å². The first-order chi connectivity index (χ1) is 17.5. The molecule has 4 rings (SSSR count). The Morgan fingerprint density at radius 1 is 1.14 bits per heavy atom. The summed E-state index contributed by atoms with van der Waals surface area (Å²) in [4.78, 5) is 15.7. The third-order valence-corrected chi connectivity index (χ3v) is 7.78. The molecular formula is C26H23ClF2N2O5S. The Kier molecular flexibility index (Phi) is 7.54. The quantitative estimate of drug-likeness (QED) is 0.309. The fourth-order valence-corrected chi connectivity index (χ4v) is 5.05. The number of pyridine rings is 1. The zero-order chi connectivity index (χ0) is 26.9. The summed E-state index contributed by atoms with van der Waals surface area (Å²) in [5.41, 5.74) is 0.976. The smallest absolute Gasteiger partial charge is 0.272 e. The van der Waals surface area contributed by atoms with Crippen LogP contribution in [-0.4, -0.2) is 35.4 Å². The van der Waals surface area contributed by atoms with E-state index in [1.807, 2.05) is 0 Å². The normalized spacial score (nSPS) is 12.3. The number of hydrogen-bond acceptors (Lipinski definition) is 5. The van der Waals surface area contributed by atoms with Crippen LogP contribution in [0.3, 0.4) is 0 Å². The van der Waals surface area contributed by atoms with Crippen molar-refractivity contribution in [2.75, 3.05) is 12.4 Å². The topological polar surface area (TPSA) is 101 Å². The van der Waals surface area contributed by atoms with Crippen molar-refractivity contribution in [3.05, 3.63) is 81.4 Å². The third kappa shape index (κ3) is 5.46. The number of aromatic nitrogens is 2. The van der Waals surface area contributed by atoms with Crippen molar-refractivity contribution in [1.82, 2.24) is 9.55 Å². The maximum absolute atomic E-state index is 14.4. The van der Waals surface area contributed by atoms with Crippen LogP contribution in [-0.2, 0) is 16.9 Å². The SMILES string of the molecule is CCS(=O)(=O)c1ccc(Oc2ccc(F)cc2F)c(-c2cn(C)c3c(=O)[nH]c(C=C(Cl)CCO)cc23)c1. The van der Waals surface area contributed by atoms with Gasteiger partial charge in [-0.2, -0.15) is 0 Å². The molecule has 7 nitrogen and oxygen atoms in total. The minimum Gasteiger partial charge on any atom is -0.454 e. The molecule has 0 aliphatic heterocycles. The Morgan fingerprint density at radius 2 is 1.86 bits per heavy atom. The van der Waals surface area contributed by atoms with Crippen LogP contribution in [0.1, 0.15) is 19.0 Å². The van der Waals surface area contributed by atoms with Gasteiger partial charge in [0.05, 0.1) is 10.6 Å². The lowest BCUT2D eigenvalue weighted by atomic mass is 10.0. The molecule has 0 fully saturated rings. The molecule has 0 radical (unpaired) electrons. The number of nitrogens with one attached hydrogen (secondary N) is 1. The minimum absolute atomic E-state index is 0.0184. The van der Waals surface area contributed by atoms with E-state index < -0.39 is 27.0 Å². The summed E-state index contributed by atoms with van der Waals surface area (Å²) >= 11 is 6.13. The number of sulfone groups is 1. The number of benzene rings is 2. The Hall–Kier alpha value is -3.47. The maximum atomic E-state index is 14.4. The van der Waals surface area contributed by atoms with Crippen molar-refractivity contribution in [2.24, 2.45) is 7.05 Å². The lowest BCUT2D eigenvalue weighted by molar-refractivity contribution is 0.301. The molecule has 0 bridgehead atoms. The van der Waals surface area contributed by atoms with Crippen LogP contribution < -0.4 is 10.3 Å². The van der Waals surface area contributed by atoms with E-state index in [9.17, 15) is 22.0 Å². The Balaban J connectivity index is 1.98. The molecule has 0 spiro atoms. The number of aliphatic hydroxyl groups excluding tert-OH is 1. The van der Waals surface area contributed by atoms with Crippen LogP contribution in [0.15, 0.2) is 63.4 Å². The molecule has 0 amide bonds. The van der Waals surface area contributed by atoms with Gasteiger partial charge in [-0.1, -0.05) is 18.5 Å². The van der Waals surface area contributed by atoms with Crippen LogP contribution in [0.5, 0.6) is 11.5 Å². The van der Waals surface area contributed by atoms with Gasteiger partial charge in [0, 0.05) is 59.6 Å². The predicted octanol–water partition coefficient (Wildman–Crippen LogP) is 5.36. The van der Waals surface area contributed by atoms with Crippen LogP contribution in [0.2, 0.25) is 0 Å². The summed E-state index contributed by atoms with van der Waals surface area (Å²) in [7, 11) is -1.97. The molecule has 194 valence electrons. The Morgan fingerprint density at radius 3 is 2.54 bits per heavy atom. The predicted molar refractivity (Wildman–Crippen MR) is 139 cm³/mol. The number of aromatic amines is 1. The zero-order valence-corrected chi connectivity index (χ0v) is 21.5. The van der Waals surface area contributed by atoms with Gasteiger partial charge < -0.3 is 19.4 Å². The van der Waals surface area contributed by atoms with Crippen molar-refractivity contribution in [1.29, 1.82) is 0 Å². The van der Waals surface area contributed by atoms with Crippen LogP contribution >= 0.6 is 11.6 Å². The van der Waals surface area contributed by atoms with Gasteiger partial charge in [-0.05, 0) is 42.5 Å². The second-order valence-electron chi connectivity index (χ2n) is 8.27. The van der Waals surface area contributed by atoms with Gasteiger partial charge in [-0.15, -0.1) is 0 Å². The fourth-order valence-electron chi connectivity index (χ4n) is 3.94. The van der Waals surface area contributed by atoms with Gasteiger partial charge in [-0.3, -0.25) is 4.79 Å². The van der Waals surface area contributed by atoms with Gasteiger partial charge >= 0.3 is 0 Å². The number of H-pyrrole nitrogens is 1. The number of fused-ring (bicyclic) bond motifs is 1. The molecule has 2 aromatic carbocycles. The average Bonchev–Trinajstić information content (AvgIpc) is 3.17. The van der Waals surface area contributed by atoms with E-state index in [4.69, 9.17) is 21.4 Å². The van der Waals surface area contributed by atoms with Crippen molar-refractivity contribution in [3.63, 3.8) is 0 Å². The molecular weight excluding hydrogens is 526 g/mol. The summed E-state index contributed by atoms with van der Waals surface area (Å²) in [5, 5.41) is 9.91. The molecule has 0 saturated heterocycles. The van der Waals surface area contributed by atoms with Crippen molar-refractivity contribution in [2.45, 2.75) is 18.2 Å². The van der Waals surface area contributed by atoms with Crippen molar-refractivity contribution >= 4 is 38.4 Å². The van der Waals surface area contributed by atoms with Gasteiger partial charge in [0.2, 0.25) is 0 Å². The number of ether oxygens (including phenoxy) is 1. The number of halogens is 3. The van der Waals surface area contributed by atoms with Gasteiger partial charge in [0.1, 0.15) is 17.1 Å². The minimum atomic E-state index is -3.62. The maximum Gasteiger partial charge on any atom is 0.272 e. The fraction of sp³-hybridized carbons (Fsp3) is 0.192. The van der Waals surface area contributed by atoms with Crippen LogP contribution in [0.25, 0.3) is 28.1 Å². The Labute approximate surface area is 216 Å². The lowest BCUT2D eigenvalue weighted by Crippen LogP contribution is -2.10. The van der Waals surface area contributed by atoms with Crippen LogP contribution in [0, 0.1) is 11.6 Å². The van der Waals surface area contributed by atoms with E-state index in [1.54, 1.807) is 23.9 Å². The van der Waals surface area contributed by atoms with E-state index in [1.165, 1.54) is 31.2 Å². The number of rotatable bonds is 8. The number of hydrogen-bond donors (Lipinski definition) is 2. The highest BCUT2D eigenvalue weighted by molar-refractivity contribution is 7.91. The molecule has 0 aliphatic carbocycles. The first kappa shape index (κ1) is 26.6. The summed E-state index contributed by atoms with van der Waals surface area (Å²) in [5.74, 6) is -2.01. The molecule has 2 aromatic heterocycles. The second kappa shape index (κ2) is 10.5. The number of nitrogens with zero attached hydrogens (tertiary/aromatic N) is 1. The monoisotopic (exact) mass is 548 g/mol. The summed E-state index contributed by atoms with van der Waals surface area (Å²) in [6.07, 6.45) is 3.34. The molecule has 0 atom stereocenters. The molecule has 2 heterocycles. The first-order valence-electron chi connectivity index (χ1n) is 11.2. The molecule has 11 heteroatoms. The molecule has 37 heavy (non-hydrogen) atoms. The number of aliphatic hydroxyl groups is 1. The summed E-state index contributed by atoms with van der Waals surface area (Å²) in [6.45, 7) is 1.34. The molecule has 4 aromatic rings. The highest BCUT2D eigenvalue weighted by Crippen LogP contribution is 2.40. The van der Waals surface area contributed by atoms with Crippen molar-refractivity contribution in [3.8, 4) is 22.6 Å². The van der Waals surface area contributed by atoms with E-state index >= 15 is 0 Å². The third-order valence-electron chi connectivity index (χ3n) is 5.75. The summed E-state index contributed by atoms with van der Waals surface area (Å²) in [6, 6.07) is 8.66. The van der Waals surface area contributed by atoms with Crippen molar-refractivity contribution < 1.29 is 27.0 Å². The number of aryl methyl sites for hydroxylation is 1. The molecule has 0 unspecified atom stereocenters. The average molecular weight is 549 g/mol. The second-order valence-corrected chi connectivity index (χ2v) is 11.0. The zero-order valence-electron chi connectivity index (χ0n) is 19.9. The van der Waals surface area contributed by atoms with E-state index in [0.717, 1.165) is 12.1 Å². The highest BCUT2D eigenvalue weighted by atomic mass is 35.5. The van der Waals surface area contributed by atoms with Gasteiger partial charge in [0.25, 0.3) is 5.56 Å². The lowest BCUT2D eigenvalue weighted by Gasteiger charge is -2.14. The first-order valence-corrected chi connectivity index (χ1v) is 13.3. The Bertz CT molecular complexity index is 1690. The van der Waals surface area contributed by atoms with E-state index in [0.29, 0.717) is 33.3 Å². The van der Waals surface area contributed by atoms with Crippen LogP contribution in [0.4, 0.5) is 8.78 Å². The summed E-state index contributed by atoms with van der Waals surface area (Å²) < 4.78 is 60.5. The van der Waals surface area contributed by atoms with E-state index in [2.05, 4.69) is 4.98 Å². The molecule has 2 N–H and O–H groups in total. The van der Waals surface area contributed by atoms with Gasteiger partial charge in [-0.25, -0.2) is 17.2 Å². The molecule has 0 saturated carbocycles. The largest absolute Gasteiger partial charge is 0.454 e.